The number of amides is 1. The van der Waals surface area contributed by atoms with E-state index in [1.165, 1.54) is 6.92 Å². The summed E-state index contributed by atoms with van der Waals surface area (Å²) < 4.78 is 45.0. The number of halogens is 3. The Hall–Kier alpha value is -3.01. The van der Waals surface area contributed by atoms with Gasteiger partial charge in [0.05, 0.1) is 5.25 Å². The number of rotatable bonds is 8. The number of alkyl halides is 3. The zero-order valence-corrected chi connectivity index (χ0v) is 18.6. The molecule has 6 nitrogen and oxygen atoms in total. The Morgan fingerprint density at radius 3 is 2.38 bits per heavy atom. The van der Waals surface area contributed by atoms with Gasteiger partial charge in [0, 0.05) is 5.69 Å². The normalized spacial score (nSPS) is 12.4. The van der Waals surface area contributed by atoms with Crippen LogP contribution in [0.25, 0.3) is 5.69 Å². The monoisotopic (exact) mass is 464 g/mol. The van der Waals surface area contributed by atoms with E-state index in [1.807, 2.05) is 67.7 Å². The van der Waals surface area contributed by atoms with Gasteiger partial charge in [-0.3, -0.25) is 9.36 Å². The molecular formula is C22H23F3N4O2S. The minimum atomic E-state index is -4.47. The van der Waals surface area contributed by atoms with Crippen molar-refractivity contribution in [3.05, 3.63) is 65.5 Å². The predicted octanol–water partition coefficient (Wildman–Crippen LogP) is 4.62. The average Bonchev–Trinajstić information content (AvgIpc) is 3.14. The third-order valence-corrected chi connectivity index (χ3v) is 5.63. The van der Waals surface area contributed by atoms with Crippen molar-refractivity contribution in [2.24, 2.45) is 0 Å². The molecule has 1 amide bonds. The van der Waals surface area contributed by atoms with Crippen LogP contribution in [0.15, 0.2) is 53.7 Å². The molecule has 0 aliphatic rings. The average molecular weight is 465 g/mol. The van der Waals surface area contributed by atoms with Crippen LogP contribution in [0.2, 0.25) is 0 Å². The van der Waals surface area contributed by atoms with Gasteiger partial charge in [0.1, 0.15) is 18.9 Å². The Morgan fingerprint density at radius 1 is 1.09 bits per heavy atom. The van der Waals surface area contributed by atoms with Crippen molar-refractivity contribution >= 4 is 17.7 Å². The van der Waals surface area contributed by atoms with Crippen LogP contribution in [0.4, 0.5) is 13.2 Å². The fourth-order valence-corrected chi connectivity index (χ4v) is 3.92. The molecular weight excluding hydrogens is 441 g/mol. The summed E-state index contributed by atoms with van der Waals surface area (Å²) in [5.41, 5.74) is 2.73. The van der Waals surface area contributed by atoms with Crippen molar-refractivity contribution in [2.75, 3.05) is 6.54 Å². The highest BCUT2D eigenvalue weighted by atomic mass is 32.2. The number of carbonyl (C=O) groups is 1. The van der Waals surface area contributed by atoms with Gasteiger partial charge in [0.2, 0.25) is 5.91 Å². The van der Waals surface area contributed by atoms with E-state index in [2.05, 4.69) is 10.2 Å². The molecule has 0 aliphatic carbocycles. The number of aromatic nitrogens is 3. The molecule has 1 heterocycles. The van der Waals surface area contributed by atoms with Crippen LogP contribution in [-0.2, 0) is 11.4 Å². The highest BCUT2D eigenvalue weighted by Crippen LogP contribution is 2.28. The molecule has 0 spiro atoms. The van der Waals surface area contributed by atoms with Crippen molar-refractivity contribution in [3.8, 4) is 11.4 Å². The SMILES string of the molecule is Cc1cccc(C)c1OCc1nnc(SC(C)C(=O)NCC(F)(F)F)n1-c1ccccc1. The molecule has 0 aliphatic heterocycles. The molecule has 10 heteroatoms. The fraction of sp³-hybridized carbons (Fsp3) is 0.318. The molecule has 0 fully saturated rings. The minimum absolute atomic E-state index is 0.128. The van der Waals surface area contributed by atoms with Crippen molar-refractivity contribution in [1.82, 2.24) is 20.1 Å². The van der Waals surface area contributed by atoms with Gasteiger partial charge in [-0.1, -0.05) is 48.2 Å². The molecule has 32 heavy (non-hydrogen) atoms. The first kappa shape index (κ1) is 23.6. The van der Waals surface area contributed by atoms with Crippen LogP contribution < -0.4 is 10.1 Å². The summed E-state index contributed by atoms with van der Waals surface area (Å²) in [7, 11) is 0. The van der Waals surface area contributed by atoms with Gasteiger partial charge in [-0.05, 0) is 44.0 Å². The quantitative estimate of drug-likeness (QED) is 0.493. The Balaban J connectivity index is 1.83. The Labute approximate surface area is 188 Å². The molecule has 3 rings (SSSR count). The van der Waals surface area contributed by atoms with Crippen LogP contribution in [0, 0.1) is 13.8 Å². The lowest BCUT2D eigenvalue weighted by molar-refractivity contribution is -0.137. The van der Waals surface area contributed by atoms with Crippen molar-refractivity contribution in [1.29, 1.82) is 0 Å². The van der Waals surface area contributed by atoms with E-state index in [-0.39, 0.29) is 6.61 Å². The number of ether oxygens (including phenoxy) is 1. The molecule has 1 unspecified atom stereocenters. The maximum atomic E-state index is 12.4. The number of thioether (sulfide) groups is 1. The van der Waals surface area contributed by atoms with Gasteiger partial charge in [0.15, 0.2) is 11.0 Å². The minimum Gasteiger partial charge on any atom is -0.485 e. The number of nitrogens with one attached hydrogen (secondary N) is 1. The largest absolute Gasteiger partial charge is 0.485 e. The van der Waals surface area contributed by atoms with Gasteiger partial charge in [-0.15, -0.1) is 10.2 Å². The number of hydrogen-bond donors (Lipinski definition) is 1. The summed E-state index contributed by atoms with van der Waals surface area (Å²) in [5.74, 6) is 0.525. The van der Waals surface area contributed by atoms with Gasteiger partial charge < -0.3 is 10.1 Å². The number of aryl methyl sites for hydroxylation is 2. The lowest BCUT2D eigenvalue weighted by Crippen LogP contribution is -2.38. The first-order valence-electron chi connectivity index (χ1n) is 9.85. The summed E-state index contributed by atoms with van der Waals surface area (Å²) in [6, 6.07) is 15.1. The number of benzene rings is 2. The number of para-hydroxylation sites is 2. The topological polar surface area (TPSA) is 69.0 Å². The lowest BCUT2D eigenvalue weighted by atomic mass is 10.1. The van der Waals surface area contributed by atoms with Crippen LogP contribution >= 0.6 is 11.8 Å². The molecule has 1 aromatic heterocycles. The summed E-state index contributed by atoms with van der Waals surface area (Å²) >= 11 is 1.03. The summed E-state index contributed by atoms with van der Waals surface area (Å²) in [6.45, 7) is 4.17. The maximum absolute atomic E-state index is 12.4. The van der Waals surface area contributed by atoms with Crippen LogP contribution in [0.1, 0.15) is 23.9 Å². The second-order valence-corrected chi connectivity index (χ2v) is 8.48. The van der Waals surface area contributed by atoms with Gasteiger partial charge in [-0.2, -0.15) is 13.2 Å². The lowest BCUT2D eigenvalue weighted by Gasteiger charge is -2.15. The Bertz CT molecular complexity index is 1050. The third kappa shape index (κ3) is 6.03. The molecule has 0 radical (unpaired) electrons. The molecule has 3 aromatic rings. The van der Waals surface area contributed by atoms with E-state index in [0.717, 1.165) is 34.3 Å². The second-order valence-electron chi connectivity index (χ2n) is 7.17. The Kier molecular flexibility index (Phi) is 7.44. The first-order chi connectivity index (χ1) is 15.2. The second kappa shape index (κ2) is 10.1. The van der Waals surface area contributed by atoms with E-state index in [1.54, 1.807) is 4.57 Å². The Morgan fingerprint density at radius 2 is 1.75 bits per heavy atom. The first-order valence-corrected chi connectivity index (χ1v) is 10.7. The summed E-state index contributed by atoms with van der Waals surface area (Å²) in [4.78, 5) is 12.1. The smallest absolute Gasteiger partial charge is 0.405 e. The van der Waals surface area contributed by atoms with Crippen LogP contribution in [0.5, 0.6) is 5.75 Å². The number of carbonyl (C=O) groups excluding carboxylic acids is 1. The van der Waals surface area contributed by atoms with E-state index in [4.69, 9.17) is 4.74 Å². The number of hydrogen-bond acceptors (Lipinski definition) is 5. The zero-order valence-electron chi connectivity index (χ0n) is 17.8. The predicted molar refractivity (Wildman–Crippen MR) is 116 cm³/mol. The van der Waals surface area contributed by atoms with Gasteiger partial charge >= 0.3 is 6.18 Å². The highest BCUT2D eigenvalue weighted by molar-refractivity contribution is 8.00. The van der Waals surface area contributed by atoms with E-state index in [9.17, 15) is 18.0 Å². The summed E-state index contributed by atoms with van der Waals surface area (Å²) in [6.07, 6.45) is -4.47. The maximum Gasteiger partial charge on any atom is 0.405 e. The third-order valence-electron chi connectivity index (χ3n) is 4.58. The van der Waals surface area contributed by atoms with E-state index >= 15 is 0 Å². The molecule has 1 atom stereocenters. The summed E-state index contributed by atoms with van der Waals surface area (Å²) in [5, 5.41) is 9.87. The van der Waals surface area contributed by atoms with Crippen LogP contribution in [0.3, 0.4) is 0 Å². The van der Waals surface area contributed by atoms with E-state index < -0.39 is 23.9 Å². The molecule has 0 saturated heterocycles. The zero-order chi connectivity index (χ0) is 23.3. The standard InChI is InChI=1S/C22H23F3N4O2S/c1-14-8-7-9-15(2)19(14)31-12-18-27-28-21(29(18)17-10-5-4-6-11-17)32-16(3)20(30)26-13-22(23,24)25/h4-11,16H,12-13H2,1-3H3,(H,26,30). The molecule has 170 valence electrons. The highest BCUT2D eigenvalue weighted by Gasteiger charge is 2.29. The number of nitrogens with zero attached hydrogens (tertiary/aromatic N) is 3. The van der Waals surface area contributed by atoms with Gasteiger partial charge in [0.25, 0.3) is 0 Å². The fourth-order valence-electron chi connectivity index (χ4n) is 3.01. The molecule has 0 saturated carbocycles. The van der Waals surface area contributed by atoms with Crippen molar-refractivity contribution in [2.45, 2.75) is 44.0 Å². The van der Waals surface area contributed by atoms with Crippen molar-refractivity contribution < 1.29 is 22.7 Å². The molecule has 0 bridgehead atoms. The van der Waals surface area contributed by atoms with Crippen molar-refractivity contribution in [3.63, 3.8) is 0 Å². The molecule has 1 N–H and O–H groups in total. The molecule has 2 aromatic carbocycles. The van der Waals surface area contributed by atoms with E-state index in [0.29, 0.717) is 11.0 Å². The van der Waals surface area contributed by atoms with Gasteiger partial charge in [-0.25, -0.2) is 0 Å². The van der Waals surface area contributed by atoms with Crippen LogP contribution in [-0.4, -0.2) is 38.6 Å².